The molecule has 0 fully saturated rings. The van der Waals surface area contributed by atoms with E-state index in [1.807, 2.05) is 18.6 Å². The number of benzene rings is 8. The lowest BCUT2D eigenvalue weighted by molar-refractivity contribution is 0.436. The highest BCUT2D eigenvalue weighted by atomic mass is 16.5. The van der Waals surface area contributed by atoms with Gasteiger partial charge < -0.3 is 13.9 Å². The summed E-state index contributed by atoms with van der Waals surface area (Å²) < 4.78 is 13.9. The summed E-state index contributed by atoms with van der Waals surface area (Å²) in [6.45, 7) is 0. The minimum Gasteiger partial charge on any atom is -0.457 e. The molecule has 1 unspecified atom stereocenters. The van der Waals surface area contributed by atoms with Crippen LogP contribution in [0.5, 0.6) is 11.5 Å². The average molecular weight is 907 g/mol. The molecule has 1 spiro atoms. The van der Waals surface area contributed by atoms with Crippen molar-refractivity contribution in [1.82, 2.24) is 28.7 Å². The van der Waals surface area contributed by atoms with Gasteiger partial charge in [0.15, 0.2) is 0 Å². The lowest BCUT2D eigenvalue weighted by Gasteiger charge is -2.39. The van der Waals surface area contributed by atoms with E-state index in [0.29, 0.717) is 0 Å². The smallest absolute Gasteiger partial charge is 0.137 e. The van der Waals surface area contributed by atoms with E-state index in [1.54, 1.807) is 0 Å². The third-order valence-corrected chi connectivity index (χ3v) is 15.3. The first-order chi connectivity index (χ1) is 35.2. The Kier molecular flexibility index (Phi) is 7.69. The molecule has 6 aromatic heterocycles. The van der Waals surface area contributed by atoms with E-state index in [9.17, 15) is 0 Å². The second kappa shape index (κ2) is 14.2. The summed E-state index contributed by atoms with van der Waals surface area (Å²) in [5, 5.41) is 7.19. The van der Waals surface area contributed by atoms with Crippen LogP contribution in [-0.2, 0) is 5.41 Å². The van der Waals surface area contributed by atoms with E-state index >= 15 is 0 Å². The highest BCUT2D eigenvalue weighted by molar-refractivity contribution is 6.12. The Morgan fingerprint density at radius 2 is 0.831 bits per heavy atom. The fourth-order valence-electron chi connectivity index (χ4n) is 12.3. The van der Waals surface area contributed by atoms with Crippen LogP contribution >= 0.6 is 0 Å². The Bertz CT molecular complexity index is 4470. The van der Waals surface area contributed by atoms with E-state index < -0.39 is 5.41 Å². The number of aromatic nitrogens is 6. The van der Waals surface area contributed by atoms with Crippen LogP contribution in [0.3, 0.4) is 0 Å². The fourth-order valence-corrected chi connectivity index (χ4v) is 12.3. The topological polar surface area (TPSA) is 62.7 Å². The van der Waals surface area contributed by atoms with Gasteiger partial charge in [0.1, 0.15) is 17.3 Å². The first kappa shape index (κ1) is 38.4. The summed E-state index contributed by atoms with van der Waals surface area (Å²) in [7, 11) is 0. The van der Waals surface area contributed by atoms with Crippen LogP contribution in [0.25, 0.3) is 105 Å². The quantitative estimate of drug-likeness (QED) is 0.176. The van der Waals surface area contributed by atoms with Gasteiger partial charge in [-0.2, -0.15) is 0 Å². The van der Waals surface area contributed by atoms with Gasteiger partial charge in [0, 0.05) is 55.2 Å². The maximum atomic E-state index is 6.90. The third-order valence-electron chi connectivity index (χ3n) is 15.3. The summed E-state index contributed by atoms with van der Waals surface area (Å²) in [6.07, 6.45) is 5.90. The van der Waals surface area contributed by atoms with Gasteiger partial charge in [-0.1, -0.05) is 127 Å². The van der Waals surface area contributed by atoms with Gasteiger partial charge in [0.2, 0.25) is 0 Å². The normalized spacial score (nSPS) is 14.6. The number of rotatable bonds is 4. The summed E-state index contributed by atoms with van der Waals surface area (Å²) in [4.78, 5) is 15.6. The van der Waals surface area contributed by atoms with Crippen molar-refractivity contribution in [2.75, 3.05) is 0 Å². The van der Waals surface area contributed by atoms with Crippen molar-refractivity contribution in [3.63, 3.8) is 0 Å². The molecule has 0 saturated heterocycles. The van der Waals surface area contributed by atoms with Crippen molar-refractivity contribution in [3.8, 4) is 51.2 Å². The standard InChI is InChI=1S/C64H38N6O/c1-7-21-53-43(14-1)44-15-2-8-22-54(44)69(53)42-36-52-63(67-38-42)62-50(20-13-33-65-62)64(52)49-19-6-12-26-59(49)71-60-31-28-40(35-51(60)64)39-27-30-58-48(34-39)47-18-5-9-23-55(47)68(58)41-29-32-61(66-37-41)70-56-24-10-3-16-45(56)46-17-4-11-25-57(46)70/h1-38H. The largest absolute Gasteiger partial charge is 0.457 e. The maximum Gasteiger partial charge on any atom is 0.137 e. The number of nitrogens with zero attached hydrogens (tertiary/aromatic N) is 6. The molecule has 8 aromatic carbocycles. The van der Waals surface area contributed by atoms with Crippen LogP contribution in [-0.4, -0.2) is 28.7 Å². The van der Waals surface area contributed by atoms with Crippen LogP contribution in [0, 0.1) is 0 Å². The highest BCUT2D eigenvalue weighted by Gasteiger charge is 2.52. The minimum absolute atomic E-state index is 0.778. The molecule has 330 valence electrons. The molecule has 0 amide bonds. The first-order valence-electron chi connectivity index (χ1n) is 24.1. The lowest BCUT2D eigenvalue weighted by Crippen LogP contribution is -2.32. The lowest BCUT2D eigenvalue weighted by atomic mass is 9.66. The zero-order chi connectivity index (χ0) is 46.4. The van der Waals surface area contributed by atoms with Gasteiger partial charge in [-0.05, 0) is 102 Å². The predicted molar refractivity (Wildman–Crippen MR) is 286 cm³/mol. The predicted octanol–water partition coefficient (Wildman–Crippen LogP) is 15.3. The van der Waals surface area contributed by atoms with Crippen molar-refractivity contribution in [3.05, 3.63) is 253 Å². The molecule has 14 aromatic rings. The van der Waals surface area contributed by atoms with Gasteiger partial charge in [-0.15, -0.1) is 0 Å². The summed E-state index contributed by atoms with van der Waals surface area (Å²) in [5.74, 6) is 2.52. The number of hydrogen-bond donors (Lipinski definition) is 0. The molecule has 71 heavy (non-hydrogen) atoms. The SMILES string of the molecule is c1ccc2c(c1)Oc1ccc(-c3ccc4c(c3)c3ccccc3n4-c3ccc(-n4c5ccccc5c5ccccc54)nc3)cc1C21c2cccnc2-c2ncc(-n3c4ccccc4c4ccccc43)cc21. The van der Waals surface area contributed by atoms with E-state index in [4.69, 9.17) is 19.7 Å². The van der Waals surface area contributed by atoms with Crippen molar-refractivity contribution < 1.29 is 4.74 Å². The second-order valence-electron chi connectivity index (χ2n) is 18.7. The summed E-state index contributed by atoms with van der Waals surface area (Å²) in [5.41, 5.74) is 16.3. The molecule has 7 heteroatoms. The first-order valence-corrected chi connectivity index (χ1v) is 24.1. The zero-order valence-electron chi connectivity index (χ0n) is 38.0. The number of fused-ring (bicyclic) bond motifs is 18. The molecule has 7 heterocycles. The van der Waals surface area contributed by atoms with Crippen LogP contribution in [0.15, 0.2) is 231 Å². The van der Waals surface area contributed by atoms with Gasteiger partial charge in [-0.25, -0.2) is 4.98 Å². The van der Waals surface area contributed by atoms with Crippen LogP contribution in [0.4, 0.5) is 0 Å². The Morgan fingerprint density at radius 1 is 0.324 bits per heavy atom. The van der Waals surface area contributed by atoms with E-state index in [-0.39, 0.29) is 0 Å². The number of hydrogen-bond acceptors (Lipinski definition) is 4. The molecule has 1 aliphatic heterocycles. The molecule has 0 saturated carbocycles. The Balaban J connectivity index is 0.872. The zero-order valence-corrected chi connectivity index (χ0v) is 38.0. The van der Waals surface area contributed by atoms with Gasteiger partial charge >= 0.3 is 0 Å². The van der Waals surface area contributed by atoms with Gasteiger partial charge in [-0.3, -0.25) is 14.5 Å². The number of ether oxygens (including phenoxy) is 1. The Morgan fingerprint density at radius 3 is 1.49 bits per heavy atom. The highest BCUT2D eigenvalue weighted by Crippen LogP contribution is 2.62. The molecular weight excluding hydrogens is 869 g/mol. The maximum absolute atomic E-state index is 6.90. The van der Waals surface area contributed by atoms with Crippen LogP contribution < -0.4 is 4.74 Å². The third kappa shape index (κ3) is 5.13. The average Bonchev–Trinajstić information content (AvgIpc) is 4.15. The second-order valence-corrected chi connectivity index (χ2v) is 18.7. The summed E-state index contributed by atoms with van der Waals surface area (Å²) >= 11 is 0. The minimum atomic E-state index is -0.778. The Labute approximate surface area is 406 Å². The molecule has 1 aliphatic carbocycles. The molecule has 7 nitrogen and oxygen atoms in total. The van der Waals surface area contributed by atoms with Crippen molar-refractivity contribution in [2.24, 2.45) is 0 Å². The van der Waals surface area contributed by atoms with E-state index in [2.05, 4.69) is 226 Å². The molecule has 2 aliphatic rings. The van der Waals surface area contributed by atoms with Gasteiger partial charge in [0.05, 0.1) is 73.7 Å². The number of pyridine rings is 3. The van der Waals surface area contributed by atoms with Crippen molar-refractivity contribution in [2.45, 2.75) is 5.41 Å². The number of para-hydroxylation sites is 6. The molecular formula is C64H38N6O. The van der Waals surface area contributed by atoms with Crippen LogP contribution in [0.2, 0.25) is 0 Å². The molecule has 0 radical (unpaired) electrons. The molecule has 0 bridgehead atoms. The van der Waals surface area contributed by atoms with Crippen molar-refractivity contribution >= 4 is 65.4 Å². The molecule has 1 atom stereocenters. The van der Waals surface area contributed by atoms with Gasteiger partial charge in [0.25, 0.3) is 0 Å². The molecule has 0 N–H and O–H groups in total. The molecule has 16 rings (SSSR count). The van der Waals surface area contributed by atoms with Crippen molar-refractivity contribution in [1.29, 1.82) is 0 Å². The summed E-state index contributed by atoms with van der Waals surface area (Å²) in [6, 6.07) is 76.1. The van der Waals surface area contributed by atoms with E-state index in [1.165, 1.54) is 32.3 Å². The Hall–Kier alpha value is -9.59. The fraction of sp³-hybridized carbons (Fsp3) is 0.0156. The van der Waals surface area contributed by atoms with Crippen LogP contribution in [0.1, 0.15) is 22.3 Å². The van der Waals surface area contributed by atoms with E-state index in [0.717, 1.165) is 107 Å². The monoisotopic (exact) mass is 906 g/mol.